The average Bonchev–Trinajstić information content (AvgIpc) is 3.21. The highest BCUT2D eigenvalue weighted by atomic mass is 16.5. The summed E-state index contributed by atoms with van der Waals surface area (Å²) in [7, 11) is 0. The maximum Gasteiger partial charge on any atom is 0.331 e. The van der Waals surface area contributed by atoms with Crippen molar-refractivity contribution in [3.8, 4) is 0 Å². The van der Waals surface area contributed by atoms with E-state index in [9.17, 15) is 4.79 Å². The van der Waals surface area contributed by atoms with Crippen LogP contribution in [0.5, 0.6) is 0 Å². The lowest BCUT2D eigenvalue weighted by Gasteiger charge is -2.64. The Balaban J connectivity index is 1.46. The molecule has 2 heteroatoms. The summed E-state index contributed by atoms with van der Waals surface area (Å²) >= 11 is 0. The number of rotatable bonds is 11. The highest BCUT2D eigenvalue weighted by molar-refractivity contribution is 5.82. The van der Waals surface area contributed by atoms with Gasteiger partial charge in [0.15, 0.2) is 0 Å². The van der Waals surface area contributed by atoms with Crippen LogP contribution in [0.15, 0.2) is 47.6 Å². The topological polar surface area (TPSA) is 26.3 Å². The number of allylic oxidation sites excluding steroid dienone is 7. The molecule has 2 nitrogen and oxygen atoms in total. The number of fused-ring (bicyclic) bond motifs is 5. The summed E-state index contributed by atoms with van der Waals surface area (Å²) < 4.78 is 6.19. The second-order valence-corrected chi connectivity index (χ2v) is 16.3. The lowest BCUT2D eigenvalue weighted by atomic mass is 9.41. The molecule has 4 aliphatic carbocycles. The van der Waals surface area contributed by atoms with Crippen LogP contribution in [-0.2, 0) is 9.53 Å². The Labute approximate surface area is 259 Å². The van der Waals surface area contributed by atoms with Gasteiger partial charge in [0.2, 0.25) is 0 Å². The maximum atomic E-state index is 12.8. The quantitative estimate of drug-likeness (QED) is 0.0804. The van der Waals surface area contributed by atoms with Gasteiger partial charge in [-0.2, -0.15) is 0 Å². The molecule has 0 heterocycles. The van der Waals surface area contributed by atoms with Crippen molar-refractivity contribution in [1.82, 2.24) is 0 Å². The summed E-state index contributed by atoms with van der Waals surface area (Å²) in [6.45, 7) is 21.9. The van der Waals surface area contributed by atoms with Gasteiger partial charge in [0, 0.05) is 11.5 Å². The fraction of sp³-hybridized carbons (Fsp3) is 0.775. The number of unbranched alkanes of at least 4 members (excludes halogenated alkanes) is 3. The molecule has 0 aromatic rings. The fourth-order valence-corrected chi connectivity index (χ4v) is 10.7. The summed E-state index contributed by atoms with van der Waals surface area (Å²) in [5.74, 6) is 2.64. The largest absolute Gasteiger partial charge is 0.459 e. The highest BCUT2D eigenvalue weighted by Crippen LogP contribution is 2.73. The molecule has 0 amide bonds. The molecule has 3 saturated carbocycles. The monoisotopic (exact) mass is 576 g/mol. The molecule has 0 aromatic heterocycles. The smallest absolute Gasteiger partial charge is 0.331 e. The predicted octanol–water partition coefficient (Wildman–Crippen LogP) is 11.6. The Hall–Kier alpha value is -1.57. The van der Waals surface area contributed by atoms with Gasteiger partial charge in [0.05, 0.1) is 0 Å². The summed E-state index contributed by atoms with van der Waals surface area (Å²) in [5, 5.41) is 0. The van der Waals surface area contributed by atoms with E-state index in [0.29, 0.717) is 22.7 Å². The molecule has 0 N–H and O–H groups in total. The van der Waals surface area contributed by atoms with Gasteiger partial charge in [0.25, 0.3) is 0 Å². The first-order valence-electron chi connectivity index (χ1n) is 17.7. The van der Waals surface area contributed by atoms with Gasteiger partial charge < -0.3 is 4.74 Å². The number of carbonyl (C=O) groups excluding carboxylic acids is 1. The van der Waals surface area contributed by atoms with Gasteiger partial charge in [-0.05, 0) is 124 Å². The van der Waals surface area contributed by atoms with Crippen molar-refractivity contribution < 1.29 is 9.53 Å². The van der Waals surface area contributed by atoms with Crippen LogP contribution in [-0.4, -0.2) is 12.1 Å². The van der Waals surface area contributed by atoms with E-state index in [1.807, 2.05) is 17.7 Å². The molecule has 236 valence electrons. The van der Waals surface area contributed by atoms with E-state index >= 15 is 0 Å². The van der Waals surface area contributed by atoms with Crippen LogP contribution in [0.2, 0.25) is 0 Å². The molecule has 4 rings (SSSR count). The van der Waals surface area contributed by atoms with Crippen molar-refractivity contribution in [2.45, 2.75) is 152 Å². The molecular weight excluding hydrogens is 512 g/mol. The van der Waals surface area contributed by atoms with Crippen molar-refractivity contribution in [3.05, 3.63) is 47.6 Å². The lowest BCUT2D eigenvalue weighted by molar-refractivity contribution is -0.172. The fourth-order valence-electron chi connectivity index (χ4n) is 10.7. The van der Waals surface area contributed by atoms with Crippen molar-refractivity contribution in [2.24, 2.45) is 45.3 Å². The zero-order chi connectivity index (χ0) is 30.8. The normalized spacial score (nSPS) is 38.0. The van der Waals surface area contributed by atoms with Gasteiger partial charge in [-0.25, -0.2) is 4.79 Å². The Morgan fingerprint density at radius 3 is 2.48 bits per heavy atom. The minimum Gasteiger partial charge on any atom is -0.459 e. The number of esters is 1. The number of carbonyl (C=O) groups is 1. The molecule has 8 atom stereocenters. The molecule has 0 radical (unpaired) electrons. The predicted molar refractivity (Wildman–Crippen MR) is 179 cm³/mol. The van der Waals surface area contributed by atoms with E-state index in [2.05, 4.69) is 80.5 Å². The van der Waals surface area contributed by atoms with Crippen LogP contribution in [0.1, 0.15) is 146 Å². The van der Waals surface area contributed by atoms with E-state index < -0.39 is 0 Å². The van der Waals surface area contributed by atoms with Crippen LogP contribution in [0, 0.1) is 45.3 Å². The Morgan fingerprint density at radius 2 is 1.76 bits per heavy atom. The number of hydrogen-bond donors (Lipinski definition) is 0. The second kappa shape index (κ2) is 13.2. The minimum atomic E-state index is -0.182. The molecule has 4 aliphatic rings. The first-order valence-corrected chi connectivity index (χ1v) is 17.7. The van der Waals surface area contributed by atoms with E-state index in [0.717, 1.165) is 37.5 Å². The van der Waals surface area contributed by atoms with Crippen molar-refractivity contribution in [1.29, 1.82) is 0 Å². The summed E-state index contributed by atoms with van der Waals surface area (Å²) in [5.41, 5.74) is 4.24. The third kappa shape index (κ3) is 6.17. The third-order valence-corrected chi connectivity index (χ3v) is 13.4. The van der Waals surface area contributed by atoms with Gasteiger partial charge in [0.1, 0.15) is 6.10 Å². The molecular formula is C40H64O2. The molecule has 3 fully saturated rings. The van der Waals surface area contributed by atoms with Crippen molar-refractivity contribution >= 4 is 5.97 Å². The Morgan fingerprint density at radius 1 is 1.00 bits per heavy atom. The van der Waals surface area contributed by atoms with Crippen molar-refractivity contribution in [2.75, 3.05) is 0 Å². The van der Waals surface area contributed by atoms with Crippen LogP contribution < -0.4 is 0 Å². The van der Waals surface area contributed by atoms with Crippen LogP contribution in [0.25, 0.3) is 0 Å². The van der Waals surface area contributed by atoms with Crippen molar-refractivity contribution in [3.63, 3.8) is 0 Å². The molecule has 42 heavy (non-hydrogen) atoms. The summed E-state index contributed by atoms with van der Waals surface area (Å²) in [6, 6.07) is 0. The first-order chi connectivity index (χ1) is 19.8. The van der Waals surface area contributed by atoms with Gasteiger partial charge >= 0.3 is 5.97 Å². The van der Waals surface area contributed by atoms with Crippen LogP contribution in [0.4, 0.5) is 0 Å². The van der Waals surface area contributed by atoms with E-state index in [-0.39, 0.29) is 22.9 Å². The summed E-state index contributed by atoms with van der Waals surface area (Å²) in [6.07, 6.45) is 28.8. The zero-order valence-electron chi connectivity index (χ0n) is 28.9. The van der Waals surface area contributed by atoms with Gasteiger partial charge in [-0.1, -0.05) is 103 Å². The first kappa shape index (κ1) is 33.3. The molecule has 0 spiro atoms. The van der Waals surface area contributed by atoms with E-state index in [1.54, 1.807) is 6.08 Å². The molecule has 0 unspecified atom stereocenters. The van der Waals surface area contributed by atoms with E-state index in [4.69, 9.17) is 4.74 Å². The highest BCUT2D eigenvalue weighted by Gasteiger charge is 2.65. The SMILES string of the molecule is CCCCC/C=C/C=C/C(=O)O[C@H]1CC[C@]2(C)[C@H]3CC[C@@]4(C)[C@H]([C@@H](C)CCC=C(C)C)CC[C@]4(C)C3=CC[C@H]2C1(C)C. The van der Waals surface area contributed by atoms with Crippen LogP contribution >= 0.6 is 0 Å². The second-order valence-electron chi connectivity index (χ2n) is 16.3. The van der Waals surface area contributed by atoms with Gasteiger partial charge in [-0.3, -0.25) is 0 Å². The van der Waals surface area contributed by atoms with Crippen LogP contribution in [0.3, 0.4) is 0 Å². The van der Waals surface area contributed by atoms with E-state index in [1.165, 1.54) is 63.4 Å². The Kier molecular flexibility index (Phi) is 10.5. The van der Waals surface area contributed by atoms with Gasteiger partial charge in [-0.15, -0.1) is 0 Å². The third-order valence-electron chi connectivity index (χ3n) is 13.4. The summed E-state index contributed by atoms with van der Waals surface area (Å²) in [4.78, 5) is 12.8. The molecule has 0 saturated heterocycles. The molecule has 0 aliphatic heterocycles. The number of ether oxygens (including phenoxy) is 1. The standard InChI is InChI=1S/C40H64O2/c1-10-11-12-13-14-15-16-20-36(41)42-35-25-26-38(7)32-24-28-39(8)31(30(4)19-17-18-29(2)3)23-27-40(39,9)33(32)21-22-34(38)37(35,5)6/h14-16,18,20-21,30-32,34-35H,10-13,17,19,22-28H2,1-9H3/b15-14+,20-16+/t30-,31-,32-,34-,35-,38+,39-,40+/m0/s1. The lowest BCUT2D eigenvalue weighted by Crippen LogP contribution is -2.58. The zero-order valence-corrected chi connectivity index (χ0v) is 28.9. The average molecular weight is 577 g/mol. The number of hydrogen-bond acceptors (Lipinski definition) is 2. The maximum absolute atomic E-state index is 12.8. The minimum absolute atomic E-state index is 0.0156. The Bertz CT molecular complexity index is 1070. The molecule has 0 bridgehead atoms. The molecule has 0 aromatic carbocycles.